The summed E-state index contributed by atoms with van der Waals surface area (Å²) in [7, 11) is 1.54. The van der Waals surface area contributed by atoms with E-state index in [9.17, 15) is 4.79 Å². The van der Waals surface area contributed by atoms with E-state index in [0.29, 0.717) is 23.0 Å². The maximum absolute atomic E-state index is 12.1. The number of carbonyl (C=O) groups is 1. The van der Waals surface area contributed by atoms with Gasteiger partial charge in [0.05, 0.1) is 12.8 Å². The zero-order valence-electron chi connectivity index (χ0n) is 15.0. The third-order valence-electron chi connectivity index (χ3n) is 4.02. The number of rotatable bonds is 7. The normalized spacial score (nSPS) is 10.4. The van der Waals surface area contributed by atoms with E-state index in [4.69, 9.17) is 16.3 Å². The van der Waals surface area contributed by atoms with Crippen molar-refractivity contribution in [2.24, 2.45) is 0 Å². The molecule has 1 heterocycles. The predicted molar refractivity (Wildman–Crippen MR) is 107 cm³/mol. The van der Waals surface area contributed by atoms with Crippen molar-refractivity contribution >= 4 is 23.3 Å². The molecule has 2 N–H and O–H groups in total. The Labute approximate surface area is 163 Å². The summed E-state index contributed by atoms with van der Waals surface area (Å²) in [6, 6.07) is 14.8. The molecule has 0 spiro atoms. The minimum absolute atomic E-state index is 0.301. The Morgan fingerprint density at radius 3 is 2.81 bits per heavy atom. The number of hydrogen-bond acceptors (Lipinski definition) is 3. The minimum atomic E-state index is -0.301. The lowest BCUT2D eigenvalue weighted by Crippen LogP contribution is -2.30. The highest BCUT2D eigenvalue weighted by atomic mass is 35.5. The van der Waals surface area contributed by atoms with Crippen LogP contribution in [0.2, 0.25) is 5.02 Å². The Balaban J connectivity index is 1.49. The number of aryl methyl sites for hydroxylation is 1. The molecule has 0 aliphatic carbocycles. The maximum atomic E-state index is 12.1. The van der Waals surface area contributed by atoms with Crippen molar-refractivity contribution in [3.05, 3.63) is 65.9 Å². The third kappa shape index (κ3) is 5.01. The van der Waals surface area contributed by atoms with Crippen LogP contribution in [0.15, 0.2) is 60.9 Å². The van der Waals surface area contributed by atoms with Crippen molar-refractivity contribution < 1.29 is 9.53 Å². The first-order valence-corrected chi connectivity index (χ1v) is 9.00. The molecule has 7 heteroatoms. The molecule has 140 valence electrons. The lowest BCUT2D eigenvalue weighted by atomic mass is 10.2. The summed E-state index contributed by atoms with van der Waals surface area (Å²) < 4.78 is 7.30. The SMILES string of the molecule is COc1ccc(Cl)cc1NC(=O)NCCCn1ccnc1-c1ccccc1. The van der Waals surface area contributed by atoms with E-state index < -0.39 is 0 Å². The highest BCUT2D eigenvalue weighted by Crippen LogP contribution is 2.27. The number of benzene rings is 2. The van der Waals surface area contributed by atoms with Crippen LogP contribution >= 0.6 is 11.6 Å². The molecule has 1 aromatic heterocycles. The monoisotopic (exact) mass is 384 g/mol. The fourth-order valence-corrected chi connectivity index (χ4v) is 2.91. The first kappa shape index (κ1) is 18.8. The van der Waals surface area contributed by atoms with Crippen LogP contribution in [-0.2, 0) is 6.54 Å². The molecule has 6 nitrogen and oxygen atoms in total. The molecule has 3 aromatic rings. The van der Waals surface area contributed by atoms with E-state index in [1.54, 1.807) is 31.5 Å². The van der Waals surface area contributed by atoms with Gasteiger partial charge in [-0.05, 0) is 24.6 Å². The molecular formula is C20H21ClN4O2. The quantitative estimate of drug-likeness (QED) is 0.592. The molecule has 0 saturated carbocycles. The van der Waals surface area contributed by atoms with E-state index in [2.05, 4.69) is 20.2 Å². The van der Waals surface area contributed by atoms with Crippen LogP contribution < -0.4 is 15.4 Å². The fourth-order valence-electron chi connectivity index (χ4n) is 2.73. The average molecular weight is 385 g/mol. The van der Waals surface area contributed by atoms with Gasteiger partial charge in [-0.1, -0.05) is 41.9 Å². The summed E-state index contributed by atoms with van der Waals surface area (Å²) in [4.78, 5) is 16.5. The molecular weight excluding hydrogens is 364 g/mol. The zero-order chi connectivity index (χ0) is 19.1. The van der Waals surface area contributed by atoms with Gasteiger partial charge in [0.2, 0.25) is 0 Å². The average Bonchev–Trinajstić information content (AvgIpc) is 3.15. The Bertz CT molecular complexity index is 896. The summed E-state index contributed by atoms with van der Waals surface area (Å²) in [5.41, 5.74) is 1.60. The topological polar surface area (TPSA) is 68.2 Å². The molecule has 2 amide bonds. The van der Waals surface area contributed by atoms with E-state index in [1.165, 1.54) is 0 Å². The summed E-state index contributed by atoms with van der Waals surface area (Å²) in [5.74, 6) is 1.48. The lowest BCUT2D eigenvalue weighted by Gasteiger charge is -2.12. The summed E-state index contributed by atoms with van der Waals surface area (Å²) >= 11 is 5.97. The molecule has 0 fully saturated rings. The smallest absolute Gasteiger partial charge is 0.319 e. The molecule has 0 radical (unpaired) electrons. The van der Waals surface area contributed by atoms with Crippen molar-refractivity contribution in [2.45, 2.75) is 13.0 Å². The van der Waals surface area contributed by atoms with Crippen LogP contribution in [0, 0.1) is 0 Å². The summed E-state index contributed by atoms with van der Waals surface area (Å²) in [6.45, 7) is 1.28. The number of halogens is 1. The first-order chi connectivity index (χ1) is 13.2. The van der Waals surface area contributed by atoms with Crippen LogP contribution in [0.1, 0.15) is 6.42 Å². The molecule has 0 unspecified atom stereocenters. The van der Waals surface area contributed by atoms with Crippen molar-refractivity contribution in [3.8, 4) is 17.1 Å². The third-order valence-corrected chi connectivity index (χ3v) is 4.25. The van der Waals surface area contributed by atoms with E-state index in [-0.39, 0.29) is 6.03 Å². The number of ether oxygens (including phenoxy) is 1. The van der Waals surface area contributed by atoms with Gasteiger partial charge in [-0.3, -0.25) is 0 Å². The Hall–Kier alpha value is -2.99. The minimum Gasteiger partial charge on any atom is -0.495 e. The number of methoxy groups -OCH3 is 1. The Morgan fingerprint density at radius 1 is 1.22 bits per heavy atom. The van der Waals surface area contributed by atoms with Crippen molar-refractivity contribution in [2.75, 3.05) is 19.0 Å². The largest absolute Gasteiger partial charge is 0.495 e. The number of imidazole rings is 1. The second-order valence-corrected chi connectivity index (χ2v) is 6.33. The second-order valence-electron chi connectivity index (χ2n) is 5.89. The van der Waals surface area contributed by atoms with Gasteiger partial charge in [-0.15, -0.1) is 0 Å². The maximum Gasteiger partial charge on any atom is 0.319 e. The number of anilines is 1. The van der Waals surface area contributed by atoms with Gasteiger partial charge in [0.1, 0.15) is 11.6 Å². The Kier molecular flexibility index (Phi) is 6.33. The van der Waals surface area contributed by atoms with Gasteiger partial charge >= 0.3 is 6.03 Å². The number of nitrogens with zero attached hydrogens (tertiary/aromatic N) is 2. The van der Waals surface area contributed by atoms with Gasteiger partial charge in [-0.2, -0.15) is 0 Å². The van der Waals surface area contributed by atoms with Gasteiger partial charge in [-0.25, -0.2) is 9.78 Å². The van der Waals surface area contributed by atoms with Gasteiger partial charge in [0, 0.05) is 36.1 Å². The number of aromatic nitrogens is 2. The van der Waals surface area contributed by atoms with Crippen molar-refractivity contribution in [1.82, 2.24) is 14.9 Å². The molecule has 0 saturated heterocycles. The van der Waals surface area contributed by atoms with Gasteiger partial charge in [0.25, 0.3) is 0 Å². The van der Waals surface area contributed by atoms with Crippen LogP contribution in [0.4, 0.5) is 10.5 Å². The van der Waals surface area contributed by atoms with Gasteiger partial charge in [0.15, 0.2) is 0 Å². The molecule has 27 heavy (non-hydrogen) atoms. The molecule has 3 rings (SSSR count). The zero-order valence-corrected chi connectivity index (χ0v) is 15.7. The highest BCUT2D eigenvalue weighted by molar-refractivity contribution is 6.31. The number of nitrogens with one attached hydrogen (secondary N) is 2. The molecule has 0 bridgehead atoms. The Morgan fingerprint density at radius 2 is 2.04 bits per heavy atom. The summed E-state index contributed by atoms with van der Waals surface area (Å²) in [6.07, 6.45) is 4.50. The van der Waals surface area contributed by atoms with Crippen LogP contribution in [0.3, 0.4) is 0 Å². The second kappa shape index (κ2) is 9.09. The standard InChI is InChI=1S/C20H21ClN4O2/c1-27-18-9-8-16(21)14-17(18)24-20(26)23-10-5-12-25-13-11-22-19(25)15-6-3-2-4-7-15/h2-4,6-9,11,13-14H,5,10,12H2,1H3,(H2,23,24,26). The van der Waals surface area contributed by atoms with Crippen LogP contribution in [0.25, 0.3) is 11.4 Å². The van der Waals surface area contributed by atoms with Crippen LogP contribution in [-0.4, -0.2) is 29.2 Å². The lowest BCUT2D eigenvalue weighted by molar-refractivity contribution is 0.251. The van der Waals surface area contributed by atoms with Gasteiger partial charge < -0.3 is 19.9 Å². The van der Waals surface area contributed by atoms with E-state index >= 15 is 0 Å². The number of carbonyl (C=O) groups excluding carboxylic acids is 1. The summed E-state index contributed by atoms with van der Waals surface area (Å²) in [5, 5.41) is 6.12. The highest BCUT2D eigenvalue weighted by Gasteiger charge is 2.08. The molecule has 0 atom stereocenters. The molecule has 0 aliphatic heterocycles. The first-order valence-electron chi connectivity index (χ1n) is 8.62. The van der Waals surface area contributed by atoms with E-state index in [0.717, 1.165) is 24.4 Å². The number of urea groups is 1. The molecule has 0 aliphatic rings. The van der Waals surface area contributed by atoms with Crippen molar-refractivity contribution in [1.29, 1.82) is 0 Å². The van der Waals surface area contributed by atoms with Crippen molar-refractivity contribution in [3.63, 3.8) is 0 Å². The van der Waals surface area contributed by atoms with Crippen LogP contribution in [0.5, 0.6) is 5.75 Å². The van der Waals surface area contributed by atoms with E-state index in [1.807, 2.05) is 36.5 Å². The predicted octanol–water partition coefficient (Wildman–Crippen LogP) is 4.42. The number of amides is 2. The fraction of sp³-hybridized carbons (Fsp3) is 0.200. The number of hydrogen-bond donors (Lipinski definition) is 2. The molecule has 2 aromatic carbocycles.